The lowest BCUT2D eigenvalue weighted by Crippen LogP contribution is -2.47. The van der Waals surface area contributed by atoms with Crippen LogP contribution in [0.3, 0.4) is 0 Å². The molecule has 152 valence electrons. The van der Waals surface area contributed by atoms with Crippen LogP contribution in [0.4, 0.5) is 0 Å². The fourth-order valence-electron chi connectivity index (χ4n) is 3.97. The van der Waals surface area contributed by atoms with E-state index in [9.17, 15) is 9.59 Å². The molecule has 1 saturated heterocycles. The lowest BCUT2D eigenvalue weighted by Gasteiger charge is -2.28. The highest BCUT2D eigenvalue weighted by Crippen LogP contribution is 2.43. The third-order valence-corrected chi connectivity index (χ3v) is 5.71. The maximum Gasteiger partial charge on any atom is 0.253 e. The first-order chi connectivity index (χ1) is 14.1. The molecule has 1 aromatic heterocycles. The van der Waals surface area contributed by atoms with Crippen molar-refractivity contribution in [1.82, 2.24) is 15.2 Å². The first kappa shape index (κ1) is 19.6. The summed E-state index contributed by atoms with van der Waals surface area (Å²) in [6.07, 6.45) is 5.43. The van der Waals surface area contributed by atoms with E-state index in [2.05, 4.69) is 10.3 Å². The average molecular weight is 393 g/mol. The van der Waals surface area contributed by atoms with E-state index in [0.29, 0.717) is 37.8 Å². The van der Waals surface area contributed by atoms with Crippen LogP contribution in [0.2, 0.25) is 0 Å². The highest BCUT2D eigenvalue weighted by atomic mass is 16.5. The van der Waals surface area contributed by atoms with Crippen LogP contribution in [0.1, 0.15) is 40.2 Å². The number of carbonyl (C=O) groups excluding carboxylic acids is 2. The van der Waals surface area contributed by atoms with Crippen LogP contribution in [-0.2, 0) is 9.53 Å². The number of amides is 2. The van der Waals surface area contributed by atoms with Gasteiger partial charge in [0.1, 0.15) is 0 Å². The van der Waals surface area contributed by atoms with Crippen molar-refractivity contribution in [3.63, 3.8) is 0 Å². The van der Waals surface area contributed by atoms with Gasteiger partial charge in [-0.15, -0.1) is 0 Å². The van der Waals surface area contributed by atoms with E-state index < -0.39 is 0 Å². The van der Waals surface area contributed by atoms with Crippen LogP contribution >= 0.6 is 0 Å². The topological polar surface area (TPSA) is 71.5 Å². The second kappa shape index (κ2) is 8.74. The minimum absolute atomic E-state index is 0.105. The molecular weight excluding hydrogens is 366 g/mol. The van der Waals surface area contributed by atoms with E-state index in [1.807, 2.05) is 48.2 Å². The Bertz CT molecular complexity index is 867. The summed E-state index contributed by atoms with van der Waals surface area (Å²) in [6, 6.07) is 11.6. The van der Waals surface area contributed by atoms with Crippen molar-refractivity contribution in [2.45, 2.75) is 31.7 Å². The Morgan fingerprint density at radius 3 is 2.72 bits per heavy atom. The minimum Gasteiger partial charge on any atom is -0.377 e. The van der Waals surface area contributed by atoms with Crippen LogP contribution in [0.5, 0.6) is 0 Å². The molecule has 6 heteroatoms. The molecule has 2 heterocycles. The minimum atomic E-state index is -0.246. The standard InChI is InChI=1S/C23H27N3O3/c1-16-9-10-24-13-20(16)22(27)25-19-14-26(11-12-29-15-19)23(28)21(18-7-8-18)17-5-3-2-4-6-17/h2-6,9-10,13,18-19,21H,7-8,11-12,14-15H2,1H3,(H,25,27). The van der Waals surface area contributed by atoms with Gasteiger partial charge in [0.25, 0.3) is 5.91 Å². The quantitative estimate of drug-likeness (QED) is 0.847. The van der Waals surface area contributed by atoms with Crippen molar-refractivity contribution < 1.29 is 14.3 Å². The third kappa shape index (κ3) is 4.65. The van der Waals surface area contributed by atoms with Gasteiger partial charge in [-0.3, -0.25) is 14.6 Å². The summed E-state index contributed by atoms with van der Waals surface area (Å²) >= 11 is 0. The van der Waals surface area contributed by atoms with Gasteiger partial charge in [0.2, 0.25) is 5.91 Å². The van der Waals surface area contributed by atoms with E-state index in [-0.39, 0.29) is 23.8 Å². The number of rotatable bonds is 5. The summed E-state index contributed by atoms with van der Waals surface area (Å²) in [5.74, 6) is 0.271. The fraction of sp³-hybridized carbons (Fsp3) is 0.435. The molecule has 6 nitrogen and oxygen atoms in total. The Kier molecular flexibility index (Phi) is 5.90. The molecule has 1 saturated carbocycles. The smallest absolute Gasteiger partial charge is 0.253 e. The molecule has 2 fully saturated rings. The molecular formula is C23H27N3O3. The number of nitrogens with one attached hydrogen (secondary N) is 1. The first-order valence-corrected chi connectivity index (χ1v) is 10.3. The van der Waals surface area contributed by atoms with Crippen molar-refractivity contribution in [1.29, 1.82) is 0 Å². The Labute approximate surface area is 171 Å². The van der Waals surface area contributed by atoms with Crippen LogP contribution in [0.15, 0.2) is 48.8 Å². The SMILES string of the molecule is Cc1ccncc1C(=O)NC1COCCN(C(=O)C(c2ccccc2)C2CC2)C1. The normalized spacial score (nSPS) is 20.6. The van der Waals surface area contributed by atoms with Gasteiger partial charge in [0, 0.05) is 25.5 Å². The number of carbonyl (C=O) groups is 2. The van der Waals surface area contributed by atoms with E-state index in [4.69, 9.17) is 4.74 Å². The van der Waals surface area contributed by atoms with Crippen molar-refractivity contribution in [2.75, 3.05) is 26.3 Å². The molecule has 1 aliphatic heterocycles. The second-order valence-electron chi connectivity index (χ2n) is 7.95. The number of nitrogens with zero attached hydrogens (tertiary/aromatic N) is 2. The summed E-state index contributed by atoms with van der Waals surface area (Å²) in [5, 5.41) is 3.03. The lowest BCUT2D eigenvalue weighted by atomic mass is 9.92. The zero-order valence-corrected chi connectivity index (χ0v) is 16.7. The highest BCUT2D eigenvalue weighted by Gasteiger charge is 2.40. The molecule has 2 aromatic rings. The summed E-state index contributed by atoms with van der Waals surface area (Å²) in [5.41, 5.74) is 2.50. The molecule has 0 bridgehead atoms. The van der Waals surface area contributed by atoms with Gasteiger partial charge >= 0.3 is 0 Å². The molecule has 0 radical (unpaired) electrons. The van der Waals surface area contributed by atoms with Crippen LogP contribution in [-0.4, -0.2) is 54.0 Å². The van der Waals surface area contributed by atoms with Crippen molar-refractivity contribution in [3.8, 4) is 0 Å². The van der Waals surface area contributed by atoms with Gasteiger partial charge in [-0.1, -0.05) is 30.3 Å². The summed E-state index contributed by atoms with van der Waals surface area (Å²) in [7, 11) is 0. The summed E-state index contributed by atoms with van der Waals surface area (Å²) in [4.78, 5) is 32.0. The third-order valence-electron chi connectivity index (χ3n) is 5.71. The molecule has 2 aliphatic rings. The number of hydrogen-bond acceptors (Lipinski definition) is 4. The predicted molar refractivity (Wildman–Crippen MR) is 110 cm³/mol. The van der Waals surface area contributed by atoms with E-state index >= 15 is 0 Å². The number of ether oxygens (including phenoxy) is 1. The Hall–Kier alpha value is -2.73. The Morgan fingerprint density at radius 1 is 1.21 bits per heavy atom. The summed E-state index contributed by atoms with van der Waals surface area (Å²) in [6.45, 7) is 3.77. The maximum absolute atomic E-state index is 13.4. The van der Waals surface area contributed by atoms with Gasteiger partial charge < -0.3 is 15.0 Å². The van der Waals surface area contributed by atoms with Crippen LogP contribution in [0, 0.1) is 12.8 Å². The summed E-state index contributed by atoms with van der Waals surface area (Å²) < 4.78 is 5.69. The molecule has 2 unspecified atom stereocenters. The van der Waals surface area contributed by atoms with Crippen LogP contribution < -0.4 is 5.32 Å². The molecule has 1 aromatic carbocycles. The zero-order chi connectivity index (χ0) is 20.2. The van der Waals surface area contributed by atoms with Gasteiger partial charge in [-0.2, -0.15) is 0 Å². The molecule has 2 atom stereocenters. The number of hydrogen-bond donors (Lipinski definition) is 1. The lowest BCUT2D eigenvalue weighted by molar-refractivity contribution is -0.133. The molecule has 29 heavy (non-hydrogen) atoms. The highest BCUT2D eigenvalue weighted by molar-refractivity contribution is 5.95. The number of aromatic nitrogens is 1. The predicted octanol–water partition coefficient (Wildman–Crippen LogP) is 2.54. The Balaban J connectivity index is 1.47. The maximum atomic E-state index is 13.4. The zero-order valence-electron chi connectivity index (χ0n) is 16.7. The number of pyridine rings is 1. The van der Waals surface area contributed by atoms with Crippen molar-refractivity contribution in [3.05, 3.63) is 65.5 Å². The fourth-order valence-corrected chi connectivity index (χ4v) is 3.97. The average Bonchev–Trinajstić information content (AvgIpc) is 3.57. The second-order valence-corrected chi connectivity index (χ2v) is 7.95. The van der Waals surface area contributed by atoms with Crippen molar-refractivity contribution >= 4 is 11.8 Å². The Morgan fingerprint density at radius 2 is 2.00 bits per heavy atom. The molecule has 2 amide bonds. The number of aryl methyl sites for hydroxylation is 1. The first-order valence-electron chi connectivity index (χ1n) is 10.3. The van der Waals surface area contributed by atoms with Crippen molar-refractivity contribution in [2.24, 2.45) is 5.92 Å². The largest absolute Gasteiger partial charge is 0.377 e. The monoisotopic (exact) mass is 393 g/mol. The molecule has 0 spiro atoms. The van der Waals surface area contributed by atoms with E-state index in [1.165, 1.54) is 0 Å². The van der Waals surface area contributed by atoms with Gasteiger partial charge in [-0.25, -0.2) is 0 Å². The van der Waals surface area contributed by atoms with Gasteiger partial charge in [-0.05, 0) is 42.9 Å². The molecule has 1 aliphatic carbocycles. The van der Waals surface area contributed by atoms with E-state index in [1.54, 1.807) is 12.4 Å². The van der Waals surface area contributed by atoms with Gasteiger partial charge in [0.05, 0.1) is 30.7 Å². The van der Waals surface area contributed by atoms with Crippen LogP contribution in [0.25, 0.3) is 0 Å². The molecule has 1 N–H and O–H groups in total. The molecule has 4 rings (SSSR count). The van der Waals surface area contributed by atoms with Gasteiger partial charge in [0.15, 0.2) is 0 Å². The van der Waals surface area contributed by atoms with E-state index in [0.717, 1.165) is 24.0 Å². The number of benzene rings is 1.